The van der Waals surface area contributed by atoms with Crippen LogP contribution in [0.25, 0.3) is 22.6 Å². The normalized spacial score (nSPS) is 10.8. The molecule has 0 aromatic heterocycles. The molecule has 0 spiro atoms. The van der Waals surface area contributed by atoms with Crippen molar-refractivity contribution in [1.82, 2.24) is 4.98 Å². The van der Waals surface area contributed by atoms with Crippen LogP contribution in [0.4, 0.5) is 4.79 Å². The third-order valence-electron chi connectivity index (χ3n) is 4.77. The van der Waals surface area contributed by atoms with Gasteiger partial charge in [-0.1, -0.05) is 11.6 Å². The van der Waals surface area contributed by atoms with Gasteiger partial charge in [0.1, 0.15) is 16.3 Å². The largest absolute Gasteiger partial charge is 0.513 e. The molecule has 0 N–H and O–H groups in total. The van der Waals surface area contributed by atoms with Gasteiger partial charge in [0, 0.05) is 5.56 Å². The molecule has 33 heavy (non-hydrogen) atoms. The fraction of sp³-hybridized carbons (Fsp3) is 0.227. The number of ketones is 4. The first-order valence-electron chi connectivity index (χ1n) is 9.37. The van der Waals surface area contributed by atoms with Crippen LogP contribution in [-0.4, -0.2) is 41.4 Å². The molecule has 10 nitrogen and oxygen atoms in total. The minimum absolute atomic E-state index is 0.161. The Labute approximate surface area is 190 Å². The van der Waals surface area contributed by atoms with E-state index in [9.17, 15) is 28.8 Å². The topological polar surface area (TPSA) is 147 Å². The predicted octanol–water partition coefficient (Wildman–Crippen LogP) is 3.90. The number of aromatic nitrogens is 1. The van der Waals surface area contributed by atoms with Gasteiger partial charge in [-0.3, -0.25) is 24.0 Å². The summed E-state index contributed by atoms with van der Waals surface area (Å²) in [5.74, 6) is -3.27. The number of hydrogen-bond acceptors (Lipinski definition) is 10. The average Bonchev–Trinajstić information content (AvgIpc) is 2.72. The van der Waals surface area contributed by atoms with Crippen LogP contribution < -0.4 is 10.2 Å². The van der Waals surface area contributed by atoms with E-state index >= 15 is 0 Å². The SMILES string of the molecule is COC(=O)Oc1cc(C(C)=O)c(C(C)=O)c2oc3c(C(C)=O)c(=O)c(Cl)c(C(C)=O)c-3nc12. The molecule has 1 aromatic carbocycles. The molecule has 1 heterocycles. The summed E-state index contributed by atoms with van der Waals surface area (Å²) in [6, 6.07) is 1.11. The van der Waals surface area contributed by atoms with Crippen molar-refractivity contribution in [3.63, 3.8) is 0 Å². The summed E-state index contributed by atoms with van der Waals surface area (Å²) in [6.07, 6.45) is -1.16. The summed E-state index contributed by atoms with van der Waals surface area (Å²) in [5.41, 5.74) is -2.98. The maximum atomic E-state index is 12.7. The van der Waals surface area contributed by atoms with E-state index in [1.54, 1.807) is 0 Å². The van der Waals surface area contributed by atoms with Gasteiger partial charge < -0.3 is 13.9 Å². The molecule has 1 aliphatic heterocycles. The highest BCUT2D eigenvalue weighted by molar-refractivity contribution is 6.35. The lowest BCUT2D eigenvalue weighted by Crippen LogP contribution is -2.21. The summed E-state index contributed by atoms with van der Waals surface area (Å²) < 4.78 is 15.4. The van der Waals surface area contributed by atoms with Crippen LogP contribution in [0.2, 0.25) is 5.02 Å². The van der Waals surface area contributed by atoms with Crippen molar-refractivity contribution < 1.29 is 37.9 Å². The second kappa shape index (κ2) is 8.55. The van der Waals surface area contributed by atoms with Gasteiger partial charge in [0.15, 0.2) is 45.7 Å². The Kier molecular flexibility index (Phi) is 6.15. The maximum Gasteiger partial charge on any atom is 0.513 e. The summed E-state index contributed by atoms with van der Waals surface area (Å²) in [6.45, 7) is 4.55. The molecule has 0 bridgehead atoms. The molecule has 0 saturated carbocycles. The zero-order chi connectivity index (χ0) is 24.8. The number of hydrogen-bond donors (Lipinski definition) is 0. The Morgan fingerprint density at radius 3 is 1.97 bits per heavy atom. The molecular weight excluding hydrogens is 458 g/mol. The second-order valence-corrected chi connectivity index (χ2v) is 7.42. The number of halogens is 1. The maximum absolute atomic E-state index is 12.7. The van der Waals surface area contributed by atoms with Gasteiger partial charge in [0.25, 0.3) is 0 Å². The summed E-state index contributed by atoms with van der Waals surface area (Å²) in [4.78, 5) is 78.0. The Morgan fingerprint density at radius 2 is 1.48 bits per heavy atom. The van der Waals surface area contributed by atoms with E-state index in [1.807, 2.05) is 0 Å². The van der Waals surface area contributed by atoms with E-state index < -0.39 is 51.1 Å². The Balaban J connectivity index is 2.71. The van der Waals surface area contributed by atoms with Gasteiger partial charge in [0.05, 0.1) is 18.2 Å². The molecule has 1 aromatic rings. The van der Waals surface area contributed by atoms with E-state index in [0.717, 1.165) is 33.9 Å². The van der Waals surface area contributed by atoms with E-state index in [2.05, 4.69) is 9.72 Å². The van der Waals surface area contributed by atoms with Crippen LogP contribution in [-0.2, 0) is 4.74 Å². The summed E-state index contributed by atoms with van der Waals surface area (Å²) in [7, 11) is 1.05. The molecule has 0 saturated heterocycles. The van der Waals surface area contributed by atoms with Crippen molar-refractivity contribution in [2.24, 2.45) is 0 Å². The van der Waals surface area contributed by atoms with E-state index in [-0.39, 0.29) is 39.2 Å². The molecule has 2 aliphatic rings. The van der Waals surface area contributed by atoms with Gasteiger partial charge in [-0.2, -0.15) is 0 Å². The molecule has 1 aliphatic carbocycles. The number of benzene rings is 2. The average molecular weight is 474 g/mol. The van der Waals surface area contributed by atoms with Gasteiger partial charge in [0.2, 0.25) is 5.43 Å². The van der Waals surface area contributed by atoms with E-state index in [0.29, 0.717) is 0 Å². The van der Waals surface area contributed by atoms with Crippen molar-refractivity contribution in [3.8, 4) is 17.2 Å². The first-order chi connectivity index (χ1) is 15.4. The van der Waals surface area contributed by atoms with Crippen molar-refractivity contribution in [2.45, 2.75) is 27.7 Å². The zero-order valence-corrected chi connectivity index (χ0v) is 18.8. The lowest BCUT2D eigenvalue weighted by atomic mass is 9.96. The second-order valence-electron chi connectivity index (χ2n) is 7.04. The van der Waals surface area contributed by atoms with Crippen molar-refractivity contribution in [1.29, 1.82) is 0 Å². The smallest absolute Gasteiger partial charge is 0.451 e. The molecule has 170 valence electrons. The third-order valence-corrected chi connectivity index (χ3v) is 5.13. The molecule has 0 atom stereocenters. The van der Waals surface area contributed by atoms with Crippen molar-refractivity contribution in [2.75, 3.05) is 7.11 Å². The van der Waals surface area contributed by atoms with Crippen LogP contribution >= 0.6 is 11.6 Å². The fourth-order valence-corrected chi connectivity index (χ4v) is 3.71. The van der Waals surface area contributed by atoms with Crippen molar-refractivity contribution >= 4 is 52.0 Å². The number of fused-ring (bicyclic) bond motifs is 2. The fourth-order valence-electron chi connectivity index (χ4n) is 3.39. The first-order valence-corrected chi connectivity index (χ1v) is 9.75. The standard InChI is InChI=1S/C22H16ClNO9/c1-7(25)11-6-12(32-22(30)31-5)17-20(13(11)8(2)26)33-21-15(10(4)28)19(29)16(23)14(9(3)27)18(21)24-17/h6H,1-5H3. The molecule has 0 radical (unpaired) electrons. The summed E-state index contributed by atoms with van der Waals surface area (Å²) >= 11 is 6.09. The monoisotopic (exact) mass is 473 g/mol. The highest BCUT2D eigenvalue weighted by Crippen LogP contribution is 2.39. The van der Waals surface area contributed by atoms with Crippen LogP contribution in [0.5, 0.6) is 5.75 Å². The van der Waals surface area contributed by atoms with Crippen LogP contribution in [0.15, 0.2) is 15.3 Å². The number of nitrogens with zero attached hydrogens (tertiary/aromatic N) is 1. The van der Waals surface area contributed by atoms with Gasteiger partial charge in [-0.25, -0.2) is 9.78 Å². The number of methoxy groups -OCH3 is 1. The van der Waals surface area contributed by atoms with Crippen LogP contribution in [0, 0.1) is 0 Å². The quantitative estimate of drug-likeness (QED) is 0.231. The lowest BCUT2D eigenvalue weighted by molar-refractivity contribution is 0.0980. The van der Waals surface area contributed by atoms with Crippen LogP contribution in [0.3, 0.4) is 0 Å². The highest BCUT2D eigenvalue weighted by atomic mass is 35.5. The Bertz CT molecular complexity index is 1430. The molecular formula is C22H16ClNO9. The van der Waals surface area contributed by atoms with Gasteiger partial charge >= 0.3 is 6.16 Å². The molecule has 0 unspecified atom stereocenters. The minimum Gasteiger partial charge on any atom is -0.451 e. The summed E-state index contributed by atoms with van der Waals surface area (Å²) in [5, 5.41) is -0.537. The van der Waals surface area contributed by atoms with Gasteiger partial charge in [-0.05, 0) is 33.8 Å². The highest BCUT2D eigenvalue weighted by Gasteiger charge is 2.32. The minimum atomic E-state index is -1.16. The molecule has 3 rings (SSSR count). The van der Waals surface area contributed by atoms with Gasteiger partial charge in [-0.15, -0.1) is 0 Å². The van der Waals surface area contributed by atoms with E-state index in [4.69, 9.17) is 20.8 Å². The molecule has 0 amide bonds. The number of carbonyl (C=O) groups excluding carboxylic acids is 5. The third kappa shape index (κ3) is 3.89. The molecule has 11 heteroatoms. The first kappa shape index (κ1) is 23.7. The van der Waals surface area contributed by atoms with Crippen molar-refractivity contribution in [3.05, 3.63) is 43.6 Å². The number of ether oxygens (including phenoxy) is 2. The van der Waals surface area contributed by atoms with Crippen LogP contribution in [0.1, 0.15) is 69.1 Å². The predicted molar refractivity (Wildman–Crippen MR) is 115 cm³/mol. The lowest BCUT2D eigenvalue weighted by Gasteiger charge is -2.17. The number of Topliss-reactive ketones (excluding diaryl/α,β-unsaturated/α-hetero) is 4. The zero-order valence-electron chi connectivity index (χ0n) is 18.1. The Hall–Kier alpha value is -3.92. The molecule has 0 fully saturated rings. The number of carbonyl (C=O) groups is 5. The number of rotatable bonds is 5. The van der Waals surface area contributed by atoms with E-state index in [1.165, 1.54) is 6.92 Å². The Morgan fingerprint density at radius 1 is 0.909 bits per heavy atom.